The maximum atomic E-state index is 14.4. The second kappa shape index (κ2) is 42.2. The third-order valence-electron chi connectivity index (χ3n) is 13.1. The van der Waals surface area contributed by atoms with Gasteiger partial charge in [0.1, 0.15) is 60.4 Å². The molecular weight excluding hydrogens is 1110 g/mol. The molecule has 0 aromatic rings. The van der Waals surface area contributed by atoms with Gasteiger partial charge in [0.2, 0.25) is 65.0 Å². The van der Waals surface area contributed by atoms with Crippen molar-refractivity contribution in [2.45, 2.75) is 212 Å². The standard InChI is InChI=1S/C52H98N16O13.C2H4O2/c1-27(2)11-9-10-12-40(71)59-32(13-19-53)47(76)68-42(31(8)70)52(81)64-35(16-22-56)44(73)63-37-18-24-58-51(80)41(30(7)69)67-48(77)36(17-23-57)61-43(72)33(14-20-54)62-49(78)38(25-28(3)4)66-50(79)39(26-29(5)6)65-45(74)34(15-21-55)60-46(37)75;1-2(3)4/h27-39,41-42,69-70H,9-26,53-57H2,1-8H3,(H,58,80)(H,59,71)(H,60,75)(H,61,72)(H,62,78)(H,63,73)(H,64,81)(H,65,74)(H,66,79)(H,67,77)(H,68,76);1H3,(H,3,4)/t30-,31-,32+,33+,34+,35?,36+,37+,38+,39-,41+,42+;/m1./s1. The van der Waals surface area contributed by atoms with Crippen LogP contribution in [0.2, 0.25) is 0 Å². The molecule has 1 unspecified atom stereocenters. The van der Waals surface area contributed by atoms with Gasteiger partial charge in [-0.25, -0.2) is 0 Å². The van der Waals surface area contributed by atoms with E-state index < -0.39 is 157 Å². The fourth-order valence-electron chi connectivity index (χ4n) is 8.62. The molecule has 1 aliphatic rings. The summed E-state index contributed by atoms with van der Waals surface area (Å²) in [6, 6.07) is -14.5. The van der Waals surface area contributed by atoms with E-state index in [0.29, 0.717) is 12.3 Å². The van der Waals surface area contributed by atoms with E-state index >= 15 is 0 Å². The number of unbranched alkanes of at least 4 members (excludes halogenated alkanes) is 1. The van der Waals surface area contributed by atoms with E-state index in [1.54, 1.807) is 27.7 Å². The SMILES string of the molecule is CC(=O)O.CC(C)CCCCC(=O)N[C@@H](CCN)C(=O)N[C@H](C(=O)NC(CCN)C(=O)N[C@H]1CCNC(=O)[C@H]([C@@H](C)O)NC(=O)[C@H](CCN)NC(=O)[C@H](CCN)NC(=O)[C@H](CC(C)C)NC(=O)[C@@H](CC(C)C)NC(=O)[C@H](CCN)NC1=O)[C@@H](C)O. The molecule has 85 heavy (non-hydrogen) atoms. The largest absolute Gasteiger partial charge is 0.481 e. The summed E-state index contributed by atoms with van der Waals surface area (Å²) in [4.78, 5) is 161. The number of aliphatic carboxylic acids is 1. The Balaban J connectivity index is 0.0000170. The van der Waals surface area contributed by atoms with Gasteiger partial charge in [-0.3, -0.25) is 57.5 Å². The van der Waals surface area contributed by atoms with Crippen LogP contribution < -0.4 is 87.2 Å². The van der Waals surface area contributed by atoms with E-state index in [-0.39, 0.29) is 95.9 Å². The van der Waals surface area contributed by atoms with Crippen molar-refractivity contribution in [1.82, 2.24) is 58.5 Å². The molecular formula is C54H102N16O15. The third-order valence-corrected chi connectivity index (χ3v) is 13.1. The van der Waals surface area contributed by atoms with Gasteiger partial charge >= 0.3 is 0 Å². The zero-order chi connectivity index (χ0) is 65.1. The first-order chi connectivity index (χ1) is 39.9. The Labute approximate surface area is 498 Å². The average molecular weight is 1220 g/mol. The number of hydrogen-bond acceptors (Lipinski definition) is 19. The van der Waals surface area contributed by atoms with Gasteiger partial charge in [0.15, 0.2) is 0 Å². The van der Waals surface area contributed by atoms with Crippen LogP contribution in [0.15, 0.2) is 0 Å². The smallest absolute Gasteiger partial charge is 0.300 e. The van der Waals surface area contributed by atoms with Crippen molar-refractivity contribution in [2.75, 3.05) is 39.3 Å². The van der Waals surface area contributed by atoms with Crippen LogP contribution in [0.4, 0.5) is 0 Å². The lowest BCUT2D eigenvalue weighted by molar-refractivity contribution is -0.137. The summed E-state index contributed by atoms with van der Waals surface area (Å²) in [5.74, 6) is -10.4. The summed E-state index contributed by atoms with van der Waals surface area (Å²) >= 11 is 0. The normalized spacial score (nSPS) is 22.4. The van der Waals surface area contributed by atoms with Gasteiger partial charge in [0, 0.05) is 19.9 Å². The molecule has 1 heterocycles. The molecule has 0 bridgehead atoms. The van der Waals surface area contributed by atoms with Crippen molar-refractivity contribution >= 4 is 70.9 Å². The Hall–Kier alpha value is -6.64. The number of carbonyl (C=O) groups excluding carboxylic acids is 11. The number of nitrogens with two attached hydrogens (primary N) is 5. The molecule has 31 nitrogen and oxygen atoms in total. The van der Waals surface area contributed by atoms with Gasteiger partial charge in [0.05, 0.1) is 12.2 Å². The first-order valence-corrected chi connectivity index (χ1v) is 29.2. The lowest BCUT2D eigenvalue weighted by Crippen LogP contribution is -2.62. The minimum atomic E-state index is -1.69. The van der Waals surface area contributed by atoms with Crippen molar-refractivity contribution in [3.8, 4) is 0 Å². The average Bonchev–Trinajstić information content (AvgIpc) is 3.40. The van der Waals surface area contributed by atoms with Crippen LogP contribution in [-0.4, -0.2) is 198 Å². The van der Waals surface area contributed by atoms with Crippen LogP contribution >= 0.6 is 0 Å². The monoisotopic (exact) mass is 1210 g/mol. The predicted octanol–water partition coefficient (Wildman–Crippen LogP) is -5.74. The van der Waals surface area contributed by atoms with E-state index in [1.807, 2.05) is 0 Å². The fraction of sp³-hybridized carbons (Fsp3) is 0.778. The fourth-order valence-corrected chi connectivity index (χ4v) is 8.62. The summed E-state index contributed by atoms with van der Waals surface area (Å²) in [6.07, 6.45) is -1.81. The molecule has 31 heteroatoms. The summed E-state index contributed by atoms with van der Waals surface area (Å²) in [5.41, 5.74) is 29.2. The zero-order valence-electron chi connectivity index (χ0n) is 51.0. The minimum absolute atomic E-state index is 0.0139. The Morgan fingerprint density at radius 2 is 0.918 bits per heavy atom. The van der Waals surface area contributed by atoms with Crippen LogP contribution in [-0.2, 0) is 57.5 Å². The number of hydrogen-bond donors (Lipinski definition) is 19. The van der Waals surface area contributed by atoms with Crippen LogP contribution in [0.5, 0.6) is 0 Å². The summed E-state index contributed by atoms with van der Waals surface area (Å²) in [5, 5.41) is 56.9. The highest BCUT2D eigenvalue weighted by Crippen LogP contribution is 2.13. The number of nitrogens with one attached hydrogen (secondary N) is 11. The summed E-state index contributed by atoms with van der Waals surface area (Å²) < 4.78 is 0. The van der Waals surface area contributed by atoms with Gasteiger partial charge in [-0.15, -0.1) is 0 Å². The van der Waals surface area contributed by atoms with E-state index in [1.165, 1.54) is 13.8 Å². The number of carbonyl (C=O) groups is 12. The number of aliphatic hydroxyl groups excluding tert-OH is 2. The number of aliphatic hydroxyl groups is 2. The van der Waals surface area contributed by atoms with Crippen molar-refractivity contribution in [3.63, 3.8) is 0 Å². The van der Waals surface area contributed by atoms with Crippen LogP contribution in [0.3, 0.4) is 0 Å². The summed E-state index contributed by atoms with van der Waals surface area (Å²) in [6.45, 7) is 13.6. The molecule has 1 rings (SSSR count). The van der Waals surface area contributed by atoms with Gasteiger partial charge in [-0.2, -0.15) is 0 Å². The highest BCUT2D eigenvalue weighted by atomic mass is 16.4. The van der Waals surface area contributed by atoms with Gasteiger partial charge in [-0.1, -0.05) is 54.4 Å². The van der Waals surface area contributed by atoms with E-state index in [4.69, 9.17) is 38.6 Å². The topological polar surface area (TPSA) is 528 Å². The highest BCUT2D eigenvalue weighted by molar-refractivity contribution is 5.99. The van der Waals surface area contributed by atoms with Crippen molar-refractivity contribution in [3.05, 3.63) is 0 Å². The van der Waals surface area contributed by atoms with Gasteiger partial charge < -0.3 is 102 Å². The Kier molecular flexibility index (Phi) is 38.9. The third kappa shape index (κ3) is 31.9. The molecule has 12 atom stereocenters. The van der Waals surface area contributed by atoms with Crippen molar-refractivity contribution < 1.29 is 72.9 Å². The second-order valence-electron chi connectivity index (χ2n) is 22.4. The molecule has 0 radical (unpaired) electrons. The lowest BCUT2D eigenvalue weighted by atomic mass is 9.99. The predicted molar refractivity (Wildman–Crippen MR) is 314 cm³/mol. The van der Waals surface area contributed by atoms with Gasteiger partial charge in [0.25, 0.3) is 5.97 Å². The Morgan fingerprint density at radius 3 is 1.32 bits per heavy atom. The molecule has 24 N–H and O–H groups in total. The van der Waals surface area contributed by atoms with Crippen LogP contribution in [0.1, 0.15) is 139 Å². The van der Waals surface area contributed by atoms with E-state index in [9.17, 15) is 63.0 Å². The number of rotatable bonds is 28. The number of amides is 11. The number of carboxylic acids is 1. The second-order valence-corrected chi connectivity index (χ2v) is 22.4. The molecule has 0 aromatic carbocycles. The first kappa shape index (κ1) is 78.4. The minimum Gasteiger partial charge on any atom is -0.481 e. The maximum Gasteiger partial charge on any atom is 0.300 e. The van der Waals surface area contributed by atoms with Gasteiger partial charge in [-0.05, 0) is 122 Å². The molecule has 0 spiro atoms. The van der Waals surface area contributed by atoms with Crippen LogP contribution in [0.25, 0.3) is 0 Å². The van der Waals surface area contributed by atoms with Crippen LogP contribution in [0, 0.1) is 17.8 Å². The van der Waals surface area contributed by atoms with Crippen molar-refractivity contribution in [2.24, 2.45) is 46.4 Å². The van der Waals surface area contributed by atoms with Crippen molar-refractivity contribution in [1.29, 1.82) is 0 Å². The lowest BCUT2D eigenvalue weighted by Gasteiger charge is -2.29. The molecule has 488 valence electrons. The molecule has 0 saturated carbocycles. The Bertz CT molecular complexity index is 2150. The zero-order valence-corrected chi connectivity index (χ0v) is 51.0. The molecule has 0 aromatic heterocycles. The molecule has 1 aliphatic heterocycles. The molecule has 11 amide bonds. The number of carboxylic acid groups (broad SMARTS) is 1. The maximum absolute atomic E-state index is 14.4. The quantitative estimate of drug-likeness (QED) is 0.0325. The molecule has 0 aliphatic carbocycles. The Morgan fingerprint density at radius 1 is 0.506 bits per heavy atom. The van der Waals surface area contributed by atoms with E-state index in [0.717, 1.165) is 19.8 Å². The van der Waals surface area contributed by atoms with E-state index in [2.05, 4.69) is 72.3 Å². The first-order valence-electron chi connectivity index (χ1n) is 29.2. The molecule has 1 fully saturated rings. The molecule has 1 saturated heterocycles. The summed E-state index contributed by atoms with van der Waals surface area (Å²) in [7, 11) is 0. The highest BCUT2D eigenvalue weighted by Gasteiger charge is 2.37.